The van der Waals surface area contributed by atoms with Crippen LogP contribution in [-0.4, -0.2) is 65.5 Å². The number of likely N-dealkylation sites (tertiary alicyclic amines) is 1. The molecule has 30 heavy (non-hydrogen) atoms. The SMILES string of the molecule is CCOc1cccc(/C(O)=C2\C(=O)C(=O)N(CCN(C)C)C2c2cccc(O)c2)c1. The molecule has 2 aromatic carbocycles. The zero-order chi connectivity index (χ0) is 21.8. The van der Waals surface area contributed by atoms with Gasteiger partial charge in [0.05, 0.1) is 18.2 Å². The smallest absolute Gasteiger partial charge is 0.295 e. The van der Waals surface area contributed by atoms with Crippen LogP contribution >= 0.6 is 0 Å². The molecule has 2 aromatic rings. The highest BCUT2D eigenvalue weighted by atomic mass is 16.5. The van der Waals surface area contributed by atoms with Crippen molar-refractivity contribution in [2.75, 3.05) is 33.8 Å². The molecule has 1 aliphatic rings. The Hall–Kier alpha value is -3.32. The van der Waals surface area contributed by atoms with E-state index in [1.165, 1.54) is 17.0 Å². The summed E-state index contributed by atoms with van der Waals surface area (Å²) in [6, 6.07) is 12.3. The molecular formula is C23H26N2O5. The third-order valence-corrected chi connectivity index (χ3v) is 4.93. The summed E-state index contributed by atoms with van der Waals surface area (Å²) in [5.74, 6) is -1.12. The lowest BCUT2D eigenvalue weighted by atomic mass is 9.95. The molecule has 3 rings (SSSR count). The minimum absolute atomic E-state index is 0.00185. The summed E-state index contributed by atoms with van der Waals surface area (Å²) < 4.78 is 5.49. The van der Waals surface area contributed by atoms with Crippen LogP contribution in [0.5, 0.6) is 11.5 Å². The van der Waals surface area contributed by atoms with Gasteiger partial charge < -0.3 is 24.7 Å². The van der Waals surface area contributed by atoms with E-state index in [1.54, 1.807) is 36.4 Å². The van der Waals surface area contributed by atoms with Gasteiger partial charge in [0.25, 0.3) is 11.7 Å². The Balaban J connectivity index is 2.14. The van der Waals surface area contributed by atoms with Crippen molar-refractivity contribution < 1.29 is 24.5 Å². The van der Waals surface area contributed by atoms with Crippen molar-refractivity contribution in [1.29, 1.82) is 0 Å². The quantitative estimate of drug-likeness (QED) is 0.414. The Morgan fingerprint density at radius 2 is 1.87 bits per heavy atom. The molecular weight excluding hydrogens is 384 g/mol. The first-order valence-electron chi connectivity index (χ1n) is 9.78. The number of carbonyl (C=O) groups is 2. The van der Waals surface area contributed by atoms with Gasteiger partial charge in [-0.1, -0.05) is 24.3 Å². The normalized spacial score (nSPS) is 18.3. The number of phenolic OH excluding ortho intramolecular Hbond substituents is 1. The maximum absolute atomic E-state index is 12.9. The third kappa shape index (κ3) is 4.31. The van der Waals surface area contributed by atoms with Gasteiger partial charge in [-0.25, -0.2) is 0 Å². The summed E-state index contributed by atoms with van der Waals surface area (Å²) >= 11 is 0. The molecule has 0 saturated carbocycles. The van der Waals surface area contributed by atoms with Gasteiger partial charge in [-0.05, 0) is 50.8 Å². The summed E-state index contributed by atoms with van der Waals surface area (Å²) in [7, 11) is 3.75. The standard InChI is InChI=1S/C23H26N2O5/c1-4-30-18-10-6-8-16(14-18)21(27)19-20(15-7-5-9-17(26)13-15)25(12-11-24(2)3)23(29)22(19)28/h5-10,13-14,20,26-27H,4,11-12H2,1-3H3/b21-19+. The number of hydrogen-bond donors (Lipinski definition) is 2. The van der Waals surface area contributed by atoms with Crippen LogP contribution in [0, 0.1) is 0 Å². The van der Waals surface area contributed by atoms with Crippen LogP contribution in [-0.2, 0) is 9.59 Å². The lowest BCUT2D eigenvalue weighted by molar-refractivity contribution is -0.140. The second kappa shape index (κ2) is 9.00. The van der Waals surface area contributed by atoms with Crippen molar-refractivity contribution in [3.8, 4) is 11.5 Å². The van der Waals surface area contributed by atoms with Crippen molar-refractivity contribution >= 4 is 17.4 Å². The van der Waals surface area contributed by atoms with Crippen LogP contribution in [0.15, 0.2) is 54.1 Å². The number of likely N-dealkylation sites (N-methyl/N-ethyl adjacent to an activating group) is 1. The van der Waals surface area contributed by atoms with Gasteiger partial charge in [0.1, 0.15) is 17.3 Å². The van der Waals surface area contributed by atoms with Crippen LogP contribution < -0.4 is 4.74 Å². The van der Waals surface area contributed by atoms with Crippen molar-refractivity contribution in [3.05, 3.63) is 65.2 Å². The number of nitrogens with zero attached hydrogens (tertiary/aromatic N) is 2. The Kier molecular flexibility index (Phi) is 6.42. The highest BCUT2D eigenvalue weighted by molar-refractivity contribution is 6.46. The molecule has 1 saturated heterocycles. The fraction of sp³-hybridized carbons (Fsp3) is 0.304. The topological polar surface area (TPSA) is 90.3 Å². The number of amides is 1. The van der Waals surface area contributed by atoms with Gasteiger partial charge in [0.2, 0.25) is 0 Å². The molecule has 158 valence electrons. The molecule has 2 N–H and O–H groups in total. The van der Waals surface area contributed by atoms with Gasteiger partial charge in [-0.15, -0.1) is 0 Å². The number of ether oxygens (including phenoxy) is 1. The van der Waals surface area contributed by atoms with Crippen molar-refractivity contribution in [2.24, 2.45) is 0 Å². The van der Waals surface area contributed by atoms with E-state index in [9.17, 15) is 19.8 Å². The van der Waals surface area contributed by atoms with E-state index < -0.39 is 17.7 Å². The number of rotatable bonds is 7. The van der Waals surface area contributed by atoms with Crippen LogP contribution in [0.3, 0.4) is 0 Å². The van der Waals surface area contributed by atoms with Crippen LogP contribution in [0.4, 0.5) is 0 Å². The number of benzene rings is 2. The van der Waals surface area contributed by atoms with Crippen molar-refractivity contribution in [1.82, 2.24) is 9.80 Å². The van der Waals surface area contributed by atoms with Crippen LogP contribution in [0.1, 0.15) is 24.1 Å². The molecule has 1 atom stereocenters. The van der Waals surface area contributed by atoms with E-state index in [0.29, 0.717) is 36.6 Å². The number of aliphatic hydroxyl groups excluding tert-OH is 1. The molecule has 1 heterocycles. The van der Waals surface area contributed by atoms with E-state index >= 15 is 0 Å². The monoisotopic (exact) mass is 410 g/mol. The first kappa shape index (κ1) is 21.4. The van der Waals surface area contributed by atoms with Gasteiger partial charge in [-0.2, -0.15) is 0 Å². The molecule has 0 radical (unpaired) electrons. The highest BCUT2D eigenvalue weighted by Gasteiger charge is 2.46. The number of phenols is 1. The van der Waals surface area contributed by atoms with E-state index in [2.05, 4.69) is 0 Å². The molecule has 0 spiro atoms. The minimum Gasteiger partial charge on any atom is -0.508 e. The second-order valence-electron chi connectivity index (χ2n) is 7.35. The van der Waals surface area contributed by atoms with Crippen molar-refractivity contribution in [2.45, 2.75) is 13.0 Å². The Morgan fingerprint density at radius 1 is 1.13 bits per heavy atom. The molecule has 1 fully saturated rings. The number of ketones is 1. The Morgan fingerprint density at radius 3 is 2.53 bits per heavy atom. The number of aromatic hydroxyl groups is 1. The molecule has 7 nitrogen and oxygen atoms in total. The average molecular weight is 410 g/mol. The average Bonchev–Trinajstić information content (AvgIpc) is 2.97. The van der Waals surface area contributed by atoms with Gasteiger partial charge in [-0.3, -0.25) is 9.59 Å². The fourth-order valence-electron chi connectivity index (χ4n) is 3.52. The molecule has 7 heteroatoms. The summed E-state index contributed by atoms with van der Waals surface area (Å²) in [4.78, 5) is 29.1. The maximum atomic E-state index is 12.9. The van der Waals surface area contributed by atoms with Gasteiger partial charge in [0, 0.05) is 18.7 Å². The van der Waals surface area contributed by atoms with Gasteiger partial charge >= 0.3 is 0 Å². The molecule has 0 aliphatic carbocycles. The lowest BCUT2D eigenvalue weighted by Crippen LogP contribution is -2.35. The zero-order valence-electron chi connectivity index (χ0n) is 17.3. The number of Topliss-reactive ketones (excluding diaryl/α,β-unsaturated/α-hetero) is 1. The van der Waals surface area contributed by atoms with E-state index in [0.717, 1.165) is 0 Å². The number of carbonyl (C=O) groups excluding carboxylic acids is 2. The first-order chi connectivity index (χ1) is 14.3. The minimum atomic E-state index is -0.798. The Bertz CT molecular complexity index is 983. The predicted octanol–water partition coefficient (Wildman–Crippen LogP) is 2.77. The maximum Gasteiger partial charge on any atom is 0.295 e. The van der Waals surface area contributed by atoms with Crippen LogP contribution in [0.25, 0.3) is 5.76 Å². The summed E-state index contributed by atoms with van der Waals surface area (Å²) in [5.41, 5.74) is 0.935. The summed E-state index contributed by atoms with van der Waals surface area (Å²) in [5, 5.41) is 21.0. The van der Waals surface area contributed by atoms with Crippen LogP contribution in [0.2, 0.25) is 0 Å². The molecule has 1 amide bonds. The largest absolute Gasteiger partial charge is 0.508 e. The second-order valence-corrected chi connectivity index (χ2v) is 7.35. The molecule has 0 aromatic heterocycles. The van der Waals surface area contributed by atoms with E-state index in [4.69, 9.17) is 4.74 Å². The fourth-order valence-corrected chi connectivity index (χ4v) is 3.52. The molecule has 1 aliphatic heterocycles. The Labute approximate surface area is 175 Å². The third-order valence-electron chi connectivity index (χ3n) is 4.93. The number of aliphatic hydroxyl groups is 1. The summed E-state index contributed by atoms with van der Waals surface area (Å²) in [6.07, 6.45) is 0. The molecule has 1 unspecified atom stereocenters. The van der Waals surface area contributed by atoms with Gasteiger partial charge in [0.15, 0.2) is 0 Å². The van der Waals surface area contributed by atoms with Crippen molar-refractivity contribution in [3.63, 3.8) is 0 Å². The van der Waals surface area contributed by atoms with E-state index in [1.807, 2.05) is 25.9 Å². The number of hydrogen-bond acceptors (Lipinski definition) is 6. The molecule has 0 bridgehead atoms. The highest BCUT2D eigenvalue weighted by Crippen LogP contribution is 2.40. The predicted molar refractivity (Wildman–Crippen MR) is 113 cm³/mol. The zero-order valence-corrected chi connectivity index (χ0v) is 17.3. The lowest BCUT2D eigenvalue weighted by Gasteiger charge is -2.26. The van der Waals surface area contributed by atoms with E-state index in [-0.39, 0.29) is 17.1 Å². The first-order valence-corrected chi connectivity index (χ1v) is 9.78. The summed E-state index contributed by atoms with van der Waals surface area (Å²) in [6.45, 7) is 3.16.